The molecule has 2 aromatic carbocycles. The maximum Gasteiger partial charge on any atom is 0.194 e. The third kappa shape index (κ3) is 2.47. The van der Waals surface area contributed by atoms with Crippen LogP contribution in [0.4, 0.5) is 10.1 Å². The van der Waals surface area contributed by atoms with Gasteiger partial charge in [0.2, 0.25) is 0 Å². The van der Waals surface area contributed by atoms with Crippen LogP contribution in [0.3, 0.4) is 0 Å². The molecule has 0 radical (unpaired) electrons. The molecule has 2 nitrogen and oxygen atoms in total. The van der Waals surface area contributed by atoms with Crippen LogP contribution in [0.25, 0.3) is 0 Å². The Bertz CT molecular complexity index is 628. The van der Waals surface area contributed by atoms with E-state index < -0.39 is 5.82 Å². The molecule has 0 saturated carbocycles. The summed E-state index contributed by atoms with van der Waals surface area (Å²) in [4.78, 5) is 12.1. The van der Waals surface area contributed by atoms with Crippen molar-refractivity contribution in [2.24, 2.45) is 0 Å². The van der Waals surface area contributed by atoms with Crippen LogP contribution in [0.5, 0.6) is 0 Å². The molecule has 2 aromatic rings. The van der Waals surface area contributed by atoms with E-state index in [1.807, 2.05) is 0 Å². The first-order valence-electron chi connectivity index (χ1n) is 5.04. The maximum atomic E-state index is 13.3. The largest absolute Gasteiger partial charge is 0.399 e. The number of anilines is 1. The van der Waals surface area contributed by atoms with Crippen LogP contribution in [0.1, 0.15) is 15.9 Å². The molecule has 0 aliphatic heterocycles. The van der Waals surface area contributed by atoms with Crippen LogP contribution in [0, 0.1) is 5.82 Å². The van der Waals surface area contributed by atoms with Gasteiger partial charge in [-0.3, -0.25) is 4.79 Å². The summed E-state index contributed by atoms with van der Waals surface area (Å²) in [6.45, 7) is 0. The Morgan fingerprint density at radius 2 is 1.78 bits per heavy atom. The predicted molar refractivity (Wildman–Crippen MR) is 70.7 cm³/mol. The molecule has 0 unspecified atom stereocenters. The van der Waals surface area contributed by atoms with Crippen LogP contribution in [-0.4, -0.2) is 5.78 Å². The van der Waals surface area contributed by atoms with Crippen molar-refractivity contribution in [3.63, 3.8) is 0 Å². The Labute approximate surface area is 113 Å². The van der Waals surface area contributed by atoms with E-state index in [-0.39, 0.29) is 27.0 Å². The number of ketones is 1. The van der Waals surface area contributed by atoms with E-state index in [4.69, 9.17) is 28.9 Å². The summed E-state index contributed by atoms with van der Waals surface area (Å²) in [6.07, 6.45) is 0. The van der Waals surface area contributed by atoms with Gasteiger partial charge in [-0.2, -0.15) is 0 Å². The highest BCUT2D eigenvalue weighted by atomic mass is 35.5. The SMILES string of the molecule is Nc1ccc(C(=O)c2ccc(Cl)c(F)c2)c(Cl)c1. The molecular weight excluding hydrogens is 276 g/mol. The van der Waals surface area contributed by atoms with Gasteiger partial charge in [0.15, 0.2) is 5.78 Å². The van der Waals surface area contributed by atoms with E-state index in [2.05, 4.69) is 0 Å². The predicted octanol–water partition coefficient (Wildman–Crippen LogP) is 3.95. The van der Waals surface area contributed by atoms with Crippen molar-refractivity contribution in [3.05, 3.63) is 63.4 Å². The van der Waals surface area contributed by atoms with Crippen LogP contribution >= 0.6 is 23.2 Å². The van der Waals surface area contributed by atoms with E-state index in [0.717, 1.165) is 6.07 Å². The molecule has 0 bridgehead atoms. The number of benzene rings is 2. The van der Waals surface area contributed by atoms with Crippen molar-refractivity contribution < 1.29 is 9.18 Å². The zero-order valence-electron chi connectivity index (χ0n) is 9.08. The summed E-state index contributed by atoms with van der Waals surface area (Å²) in [6, 6.07) is 8.39. The molecule has 92 valence electrons. The Balaban J connectivity index is 2.44. The zero-order valence-corrected chi connectivity index (χ0v) is 10.6. The maximum absolute atomic E-state index is 13.3. The third-order valence-corrected chi connectivity index (χ3v) is 3.04. The van der Waals surface area contributed by atoms with Gasteiger partial charge in [-0.05, 0) is 36.4 Å². The highest BCUT2D eigenvalue weighted by molar-refractivity contribution is 6.35. The van der Waals surface area contributed by atoms with Crippen LogP contribution in [0.2, 0.25) is 10.0 Å². The summed E-state index contributed by atoms with van der Waals surface area (Å²) in [5, 5.41) is 0.199. The lowest BCUT2D eigenvalue weighted by Gasteiger charge is -2.05. The normalized spacial score (nSPS) is 10.4. The Morgan fingerprint density at radius 3 is 2.39 bits per heavy atom. The average molecular weight is 284 g/mol. The number of carbonyl (C=O) groups excluding carboxylic acids is 1. The minimum atomic E-state index is -0.644. The number of carbonyl (C=O) groups is 1. The standard InChI is InChI=1S/C13H8Cl2FNO/c14-10-4-1-7(5-12(10)16)13(18)9-3-2-8(17)6-11(9)15/h1-6H,17H2. The van der Waals surface area contributed by atoms with Gasteiger partial charge in [-0.15, -0.1) is 0 Å². The van der Waals surface area contributed by atoms with Gasteiger partial charge in [0, 0.05) is 16.8 Å². The number of hydrogen-bond donors (Lipinski definition) is 1. The van der Waals surface area contributed by atoms with E-state index in [9.17, 15) is 9.18 Å². The van der Waals surface area contributed by atoms with Gasteiger partial charge < -0.3 is 5.73 Å². The third-order valence-electron chi connectivity index (χ3n) is 2.42. The van der Waals surface area contributed by atoms with E-state index in [1.54, 1.807) is 6.07 Å². The van der Waals surface area contributed by atoms with Crippen molar-refractivity contribution in [1.82, 2.24) is 0 Å². The lowest BCUT2D eigenvalue weighted by molar-refractivity contribution is 0.103. The highest BCUT2D eigenvalue weighted by Gasteiger charge is 2.14. The highest BCUT2D eigenvalue weighted by Crippen LogP contribution is 2.23. The molecule has 2 N–H and O–H groups in total. The minimum absolute atomic E-state index is 0.0325. The van der Waals surface area contributed by atoms with Gasteiger partial charge in [0.25, 0.3) is 0 Å². The minimum Gasteiger partial charge on any atom is -0.399 e. The van der Waals surface area contributed by atoms with Crippen molar-refractivity contribution in [2.75, 3.05) is 5.73 Å². The fourth-order valence-corrected chi connectivity index (χ4v) is 1.90. The molecule has 0 atom stereocenters. The quantitative estimate of drug-likeness (QED) is 0.670. The Morgan fingerprint density at radius 1 is 1.06 bits per heavy atom. The fraction of sp³-hybridized carbons (Fsp3) is 0. The molecule has 0 spiro atoms. The first-order chi connectivity index (χ1) is 8.49. The fourth-order valence-electron chi connectivity index (χ4n) is 1.51. The molecule has 5 heteroatoms. The summed E-state index contributed by atoms with van der Waals surface area (Å²) < 4.78 is 13.3. The van der Waals surface area contributed by atoms with E-state index in [0.29, 0.717) is 5.69 Å². The zero-order chi connectivity index (χ0) is 13.3. The summed E-state index contributed by atoms with van der Waals surface area (Å²) in [5.74, 6) is -1.02. The van der Waals surface area contributed by atoms with Crippen molar-refractivity contribution in [1.29, 1.82) is 0 Å². The number of nitrogen functional groups attached to an aromatic ring is 1. The van der Waals surface area contributed by atoms with Gasteiger partial charge in [0.05, 0.1) is 10.0 Å². The van der Waals surface area contributed by atoms with Crippen LogP contribution < -0.4 is 5.73 Å². The molecule has 0 heterocycles. The van der Waals surface area contributed by atoms with Crippen LogP contribution in [-0.2, 0) is 0 Å². The van der Waals surface area contributed by atoms with Gasteiger partial charge in [-0.1, -0.05) is 23.2 Å². The van der Waals surface area contributed by atoms with Crippen molar-refractivity contribution in [2.45, 2.75) is 0 Å². The second-order valence-electron chi connectivity index (χ2n) is 3.70. The smallest absolute Gasteiger partial charge is 0.194 e. The van der Waals surface area contributed by atoms with Gasteiger partial charge >= 0.3 is 0 Å². The number of nitrogens with two attached hydrogens (primary N) is 1. The van der Waals surface area contributed by atoms with Crippen LogP contribution in [0.15, 0.2) is 36.4 Å². The first-order valence-corrected chi connectivity index (χ1v) is 5.79. The molecule has 0 aliphatic rings. The van der Waals surface area contributed by atoms with Crippen molar-refractivity contribution >= 4 is 34.7 Å². The Kier molecular flexibility index (Phi) is 3.55. The second-order valence-corrected chi connectivity index (χ2v) is 4.51. The average Bonchev–Trinajstić information content (AvgIpc) is 2.32. The summed E-state index contributed by atoms with van der Waals surface area (Å²) in [5.41, 5.74) is 6.45. The molecular formula is C13H8Cl2FNO. The summed E-state index contributed by atoms with van der Waals surface area (Å²) >= 11 is 11.5. The molecule has 2 rings (SSSR count). The molecule has 0 aromatic heterocycles. The van der Waals surface area contributed by atoms with Gasteiger partial charge in [0.1, 0.15) is 5.82 Å². The number of rotatable bonds is 2. The molecule has 0 aliphatic carbocycles. The molecule has 0 fully saturated rings. The second kappa shape index (κ2) is 4.96. The lowest BCUT2D eigenvalue weighted by atomic mass is 10.0. The van der Waals surface area contributed by atoms with Crippen molar-refractivity contribution in [3.8, 4) is 0 Å². The molecule has 18 heavy (non-hydrogen) atoms. The lowest BCUT2D eigenvalue weighted by Crippen LogP contribution is -2.03. The van der Waals surface area contributed by atoms with E-state index >= 15 is 0 Å². The molecule has 0 saturated heterocycles. The van der Waals surface area contributed by atoms with E-state index in [1.165, 1.54) is 24.3 Å². The number of halogens is 3. The monoisotopic (exact) mass is 283 g/mol. The Hall–Kier alpha value is -1.58. The topological polar surface area (TPSA) is 43.1 Å². The first kappa shape index (κ1) is 12.9. The number of hydrogen-bond acceptors (Lipinski definition) is 2. The summed E-state index contributed by atoms with van der Waals surface area (Å²) in [7, 11) is 0. The molecule has 0 amide bonds. The van der Waals surface area contributed by atoms with Gasteiger partial charge in [-0.25, -0.2) is 4.39 Å².